The molecule has 1 aromatic heterocycles. The third-order valence-corrected chi connectivity index (χ3v) is 0.905. The van der Waals surface area contributed by atoms with Crippen molar-refractivity contribution in [2.45, 2.75) is 0 Å². The number of aromatic nitrogens is 1. The van der Waals surface area contributed by atoms with Gasteiger partial charge >= 0.3 is 7.69 Å². The summed E-state index contributed by atoms with van der Waals surface area (Å²) in [5, 5.41) is 8.10. The van der Waals surface area contributed by atoms with Crippen LogP contribution in [-0.2, 0) is 0 Å². The van der Waals surface area contributed by atoms with Gasteiger partial charge in [0.25, 0.3) is 5.95 Å². The first kappa shape index (κ1) is 7.02. The molecule has 1 aromatic rings. The molecule has 0 saturated heterocycles. The van der Waals surface area contributed by atoms with E-state index in [1.807, 2.05) is 0 Å². The fourth-order valence-electron chi connectivity index (χ4n) is 0.516. The lowest BCUT2D eigenvalue weighted by Crippen LogP contribution is -2.02. The zero-order valence-corrected chi connectivity index (χ0v) is 4.99. The second-order valence-corrected chi connectivity index (χ2v) is 1.52. The molecule has 3 nitrogen and oxygen atoms in total. The van der Waals surface area contributed by atoms with E-state index >= 15 is 0 Å². The molecule has 10 heavy (non-hydrogen) atoms. The maximum absolute atomic E-state index is 12.4. The van der Waals surface area contributed by atoms with Crippen molar-refractivity contribution in [2.75, 3.05) is 0 Å². The summed E-state index contributed by atoms with van der Waals surface area (Å²) in [5.41, 5.74) is 0. The summed E-state index contributed by atoms with van der Waals surface area (Å²) in [6, 6.07) is 2.86. The maximum Gasteiger partial charge on any atom is 0.569 e. The van der Waals surface area contributed by atoms with Crippen molar-refractivity contribution in [1.29, 1.82) is 0 Å². The third-order valence-electron chi connectivity index (χ3n) is 0.905. The summed E-state index contributed by atoms with van der Waals surface area (Å²) in [4.78, 5) is 3.27. The van der Waals surface area contributed by atoms with Gasteiger partial charge in [-0.25, -0.2) is 4.98 Å². The Morgan fingerprint density at radius 3 is 3.10 bits per heavy atom. The van der Waals surface area contributed by atoms with Crippen molar-refractivity contribution in [1.82, 2.24) is 4.98 Å². The first-order valence-corrected chi connectivity index (χ1v) is 2.57. The molecular weight excluding hydrogens is 136 g/mol. The van der Waals surface area contributed by atoms with Crippen LogP contribution in [-0.4, -0.2) is 17.7 Å². The summed E-state index contributed by atoms with van der Waals surface area (Å²) >= 11 is 0. The van der Waals surface area contributed by atoms with Crippen molar-refractivity contribution in [3.8, 4) is 5.75 Å². The largest absolute Gasteiger partial charge is 0.569 e. The minimum Gasteiger partial charge on any atom is -0.534 e. The van der Waals surface area contributed by atoms with Crippen LogP contribution >= 0.6 is 0 Å². The molecule has 0 atom stereocenters. The SMILES string of the molecule is O[B]Oc1cccnc1F. The van der Waals surface area contributed by atoms with Crippen LogP contribution in [0.15, 0.2) is 18.3 Å². The highest BCUT2D eigenvalue weighted by Gasteiger charge is 2.01. The predicted octanol–water partition coefficient (Wildman–Crippen LogP) is 0.126. The predicted molar refractivity (Wildman–Crippen MR) is 32.8 cm³/mol. The third kappa shape index (κ3) is 1.45. The zero-order valence-electron chi connectivity index (χ0n) is 4.99. The second-order valence-electron chi connectivity index (χ2n) is 1.52. The van der Waals surface area contributed by atoms with Crippen LogP contribution in [0.1, 0.15) is 0 Å². The number of nitrogens with zero attached hydrogens (tertiary/aromatic N) is 1. The molecule has 0 aliphatic heterocycles. The van der Waals surface area contributed by atoms with Crippen LogP contribution in [0.3, 0.4) is 0 Å². The highest BCUT2D eigenvalue weighted by molar-refractivity contribution is 6.17. The summed E-state index contributed by atoms with van der Waals surface area (Å²) in [7, 11) is 0.403. The summed E-state index contributed by atoms with van der Waals surface area (Å²) in [6.45, 7) is 0. The molecule has 0 fully saturated rings. The van der Waals surface area contributed by atoms with Crippen molar-refractivity contribution in [3.05, 3.63) is 24.3 Å². The lowest BCUT2D eigenvalue weighted by atomic mass is 10.4. The Balaban J connectivity index is 2.81. The quantitative estimate of drug-likeness (QED) is 0.468. The lowest BCUT2D eigenvalue weighted by Gasteiger charge is -1.99. The average Bonchev–Trinajstić information content (AvgIpc) is 1.94. The van der Waals surface area contributed by atoms with E-state index in [1.165, 1.54) is 18.3 Å². The summed E-state index contributed by atoms with van der Waals surface area (Å²) in [5.74, 6) is -0.835. The van der Waals surface area contributed by atoms with Gasteiger partial charge in [0.1, 0.15) is 0 Å². The molecule has 0 aliphatic carbocycles. The lowest BCUT2D eigenvalue weighted by molar-refractivity contribution is 0.423. The van der Waals surface area contributed by atoms with Gasteiger partial charge in [0.2, 0.25) is 0 Å². The molecule has 0 aliphatic rings. The number of halogens is 1. The first-order valence-electron chi connectivity index (χ1n) is 2.57. The van der Waals surface area contributed by atoms with Crippen molar-refractivity contribution in [2.24, 2.45) is 0 Å². The van der Waals surface area contributed by atoms with Gasteiger partial charge < -0.3 is 9.68 Å². The highest BCUT2D eigenvalue weighted by atomic mass is 19.1. The van der Waals surface area contributed by atoms with E-state index in [2.05, 4.69) is 9.64 Å². The van der Waals surface area contributed by atoms with Gasteiger partial charge in [0, 0.05) is 6.20 Å². The van der Waals surface area contributed by atoms with E-state index in [0.29, 0.717) is 7.69 Å². The Hall–Kier alpha value is -1.10. The van der Waals surface area contributed by atoms with Gasteiger partial charge in [-0.15, -0.1) is 0 Å². The molecule has 1 N–H and O–H groups in total. The van der Waals surface area contributed by atoms with Crippen molar-refractivity contribution < 1.29 is 14.1 Å². The minimum absolute atomic E-state index is 0.0926. The number of pyridine rings is 1. The Labute approximate surface area is 57.8 Å². The van der Waals surface area contributed by atoms with Gasteiger partial charge in [0.05, 0.1) is 0 Å². The molecule has 0 spiro atoms. The van der Waals surface area contributed by atoms with Crippen LogP contribution < -0.4 is 4.65 Å². The standard InChI is InChI=1S/C5H4BFNO2/c7-5-4(10-6-9)2-1-3-8-5/h1-3,9H. The van der Waals surface area contributed by atoms with Gasteiger partial charge in [-0.3, -0.25) is 0 Å². The smallest absolute Gasteiger partial charge is 0.534 e. The molecular formula is C5H4BFNO2. The Bertz CT molecular complexity index is 221. The molecule has 0 saturated carbocycles. The topological polar surface area (TPSA) is 42.4 Å². The Kier molecular flexibility index (Phi) is 2.22. The van der Waals surface area contributed by atoms with Crippen LogP contribution in [0.4, 0.5) is 4.39 Å². The Morgan fingerprint density at radius 2 is 2.50 bits per heavy atom. The van der Waals surface area contributed by atoms with Gasteiger partial charge in [-0.1, -0.05) is 0 Å². The molecule has 0 aromatic carbocycles. The van der Waals surface area contributed by atoms with E-state index < -0.39 is 5.95 Å². The van der Waals surface area contributed by atoms with Crippen LogP contribution in [0, 0.1) is 5.95 Å². The molecule has 0 bridgehead atoms. The maximum atomic E-state index is 12.4. The highest BCUT2D eigenvalue weighted by Crippen LogP contribution is 2.11. The Morgan fingerprint density at radius 1 is 1.70 bits per heavy atom. The molecule has 51 valence electrons. The normalized spacial score (nSPS) is 9.00. The van der Waals surface area contributed by atoms with Crippen LogP contribution in [0.2, 0.25) is 0 Å². The summed E-state index contributed by atoms with van der Waals surface area (Å²) in [6.07, 6.45) is 1.29. The first-order chi connectivity index (χ1) is 4.84. The van der Waals surface area contributed by atoms with E-state index in [-0.39, 0.29) is 5.75 Å². The van der Waals surface area contributed by atoms with Crippen molar-refractivity contribution in [3.63, 3.8) is 0 Å². The molecule has 0 amide bonds. The van der Waals surface area contributed by atoms with E-state index in [1.54, 1.807) is 0 Å². The molecule has 1 rings (SSSR count). The van der Waals surface area contributed by atoms with Gasteiger partial charge in [-0.2, -0.15) is 4.39 Å². The van der Waals surface area contributed by atoms with E-state index in [9.17, 15) is 4.39 Å². The van der Waals surface area contributed by atoms with E-state index in [4.69, 9.17) is 5.02 Å². The van der Waals surface area contributed by atoms with Crippen molar-refractivity contribution >= 4 is 7.69 Å². The fourth-order valence-corrected chi connectivity index (χ4v) is 0.516. The zero-order chi connectivity index (χ0) is 7.40. The molecule has 1 radical (unpaired) electrons. The number of hydrogen-bond donors (Lipinski definition) is 1. The average molecular weight is 140 g/mol. The molecule has 1 heterocycles. The van der Waals surface area contributed by atoms with Gasteiger partial charge in [-0.05, 0) is 12.1 Å². The summed E-state index contributed by atoms with van der Waals surface area (Å²) < 4.78 is 16.7. The molecule has 0 unspecified atom stereocenters. The fraction of sp³-hybridized carbons (Fsp3) is 0. The minimum atomic E-state index is -0.743. The second kappa shape index (κ2) is 3.17. The van der Waals surface area contributed by atoms with Crippen LogP contribution in [0.5, 0.6) is 5.75 Å². The number of hydrogen-bond acceptors (Lipinski definition) is 3. The van der Waals surface area contributed by atoms with E-state index in [0.717, 1.165) is 0 Å². The number of rotatable bonds is 2. The molecule has 5 heteroatoms. The monoisotopic (exact) mass is 140 g/mol. The van der Waals surface area contributed by atoms with Crippen LogP contribution in [0.25, 0.3) is 0 Å². The van der Waals surface area contributed by atoms with Gasteiger partial charge in [0.15, 0.2) is 5.75 Å².